The Balaban J connectivity index is 1.57. The molecule has 0 spiro atoms. The summed E-state index contributed by atoms with van der Waals surface area (Å²) in [5.74, 6) is 0.368. The Morgan fingerprint density at radius 1 is 1.11 bits per heavy atom. The van der Waals surface area contributed by atoms with E-state index in [1.807, 2.05) is 0 Å². The lowest BCUT2D eigenvalue weighted by molar-refractivity contribution is -0.119. The normalized spacial score (nSPS) is 20.3. The molecule has 1 saturated heterocycles. The Hall–Kier alpha value is -2.59. The van der Waals surface area contributed by atoms with Crippen LogP contribution in [-0.4, -0.2) is 34.5 Å². The molecule has 2 heterocycles. The van der Waals surface area contributed by atoms with Crippen LogP contribution in [0.25, 0.3) is 10.9 Å². The molecule has 3 aromatic rings. The van der Waals surface area contributed by atoms with E-state index in [-0.39, 0.29) is 11.9 Å². The van der Waals surface area contributed by atoms with Crippen LogP contribution in [0.3, 0.4) is 0 Å². The smallest absolute Gasteiger partial charge is 0.217 e. The highest BCUT2D eigenvalue weighted by Gasteiger charge is 2.34. The highest BCUT2D eigenvalue weighted by Crippen LogP contribution is 2.30. The molecule has 0 bridgehead atoms. The van der Waals surface area contributed by atoms with Crippen molar-refractivity contribution in [2.24, 2.45) is 7.05 Å². The molecule has 2 unspecified atom stereocenters. The van der Waals surface area contributed by atoms with Crippen molar-refractivity contribution in [3.63, 3.8) is 0 Å². The van der Waals surface area contributed by atoms with Crippen LogP contribution in [0.1, 0.15) is 29.7 Å². The van der Waals surface area contributed by atoms with Crippen LogP contribution >= 0.6 is 0 Å². The van der Waals surface area contributed by atoms with Crippen molar-refractivity contribution in [1.29, 1.82) is 0 Å². The van der Waals surface area contributed by atoms with Gasteiger partial charge in [-0.3, -0.25) is 9.69 Å². The van der Waals surface area contributed by atoms with Gasteiger partial charge in [-0.05, 0) is 30.0 Å². The second-order valence-corrected chi connectivity index (χ2v) is 7.77. The average Bonchev–Trinajstić information content (AvgIpc) is 3.17. The minimum absolute atomic E-state index is 0.0450. The van der Waals surface area contributed by atoms with Crippen molar-refractivity contribution in [2.75, 3.05) is 13.1 Å². The number of hydrogen-bond donors (Lipinski definition) is 1. The Bertz CT molecular complexity index is 957. The molecule has 1 aliphatic rings. The lowest BCUT2D eigenvalue weighted by Crippen LogP contribution is -2.38. The highest BCUT2D eigenvalue weighted by atomic mass is 16.1. The van der Waals surface area contributed by atoms with Crippen LogP contribution in [0.2, 0.25) is 0 Å². The summed E-state index contributed by atoms with van der Waals surface area (Å²) in [6.45, 7) is 6.44. The number of benzene rings is 2. The summed E-state index contributed by atoms with van der Waals surface area (Å²) in [6.07, 6.45) is 0. The first kappa shape index (κ1) is 17.8. The average molecular weight is 361 g/mol. The molecule has 2 atom stereocenters. The molecule has 27 heavy (non-hydrogen) atoms. The summed E-state index contributed by atoms with van der Waals surface area (Å²) >= 11 is 0. The van der Waals surface area contributed by atoms with Crippen LogP contribution in [0.5, 0.6) is 0 Å². The van der Waals surface area contributed by atoms with E-state index >= 15 is 0 Å². The van der Waals surface area contributed by atoms with Gasteiger partial charge in [-0.25, -0.2) is 0 Å². The van der Waals surface area contributed by atoms with E-state index in [2.05, 4.69) is 83.4 Å². The van der Waals surface area contributed by atoms with Crippen molar-refractivity contribution in [1.82, 2.24) is 14.8 Å². The predicted octanol–water partition coefficient (Wildman–Crippen LogP) is 3.59. The van der Waals surface area contributed by atoms with E-state index < -0.39 is 0 Å². The molecule has 1 amide bonds. The maximum absolute atomic E-state index is 11.7. The van der Waals surface area contributed by atoms with E-state index in [1.165, 1.54) is 27.7 Å². The summed E-state index contributed by atoms with van der Waals surface area (Å²) < 4.78 is 2.28. The monoisotopic (exact) mass is 361 g/mol. The van der Waals surface area contributed by atoms with Crippen molar-refractivity contribution in [2.45, 2.75) is 32.4 Å². The number of carbonyl (C=O) groups is 1. The number of carbonyl (C=O) groups excluding carboxylic acids is 1. The third-order valence-electron chi connectivity index (χ3n) is 5.73. The molecule has 4 heteroatoms. The summed E-state index contributed by atoms with van der Waals surface area (Å²) in [7, 11) is 2.14. The zero-order valence-electron chi connectivity index (χ0n) is 16.3. The van der Waals surface area contributed by atoms with Gasteiger partial charge in [0, 0.05) is 56.8 Å². The second-order valence-electron chi connectivity index (χ2n) is 7.77. The van der Waals surface area contributed by atoms with Gasteiger partial charge in [0.15, 0.2) is 0 Å². The van der Waals surface area contributed by atoms with Crippen molar-refractivity contribution >= 4 is 16.8 Å². The summed E-state index contributed by atoms with van der Waals surface area (Å²) in [5.41, 5.74) is 5.14. The van der Waals surface area contributed by atoms with E-state index in [0.717, 1.165) is 19.6 Å². The molecule has 0 aliphatic carbocycles. The SMILES string of the molecule is CC(=O)NC1CN(Cc2cc3ccccc3n2C)CC1c1ccc(C)cc1. The molecule has 1 aliphatic heterocycles. The number of fused-ring (bicyclic) bond motifs is 1. The Labute approximate surface area is 160 Å². The van der Waals surface area contributed by atoms with Gasteiger partial charge >= 0.3 is 0 Å². The van der Waals surface area contributed by atoms with E-state index in [0.29, 0.717) is 5.92 Å². The second kappa shape index (κ2) is 7.20. The quantitative estimate of drug-likeness (QED) is 0.771. The molecule has 2 aromatic carbocycles. The molecular formula is C23H27N3O. The molecule has 4 nitrogen and oxygen atoms in total. The Kier molecular flexibility index (Phi) is 4.75. The molecule has 1 aromatic heterocycles. The van der Waals surface area contributed by atoms with Crippen LogP contribution < -0.4 is 5.32 Å². The molecule has 4 rings (SSSR count). The number of nitrogens with zero attached hydrogens (tertiary/aromatic N) is 2. The molecule has 140 valence electrons. The van der Waals surface area contributed by atoms with Crippen LogP contribution in [-0.2, 0) is 18.4 Å². The fourth-order valence-corrected chi connectivity index (χ4v) is 4.30. The topological polar surface area (TPSA) is 37.3 Å². The first-order valence-corrected chi connectivity index (χ1v) is 9.60. The van der Waals surface area contributed by atoms with Gasteiger partial charge in [0.2, 0.25) is 5.91 Å². The number of rotatable bonds is 4. The van der Waals surface area contributed by atoms with Crippen molar-refractivity contribution in [3.8, 4) is 0 Å². The standard InChI is InChI=1S/C23H27N3O/c1-16-8-10-18(11-9-16)21-14-26(15-22(21)24-17(2)27)13-20-12-19-6-4-5-7-23(19)25(20)3/h4-12,21-22H,13-15H2,1-3H3,(H,24,27). The van der Waals surface area contributed by atoms with Crippen molar-refractivity contribution < 1.29 is 4.79 Å². The minimum Gasteiger partial charge on any atom is -0.352 e. The molecule has 1 N–H and O–H groups in total. The third-order valence-corrected chi connectivity index (χ3v) is 5.73. The summed E-state index contributed by atoms with van der Waals surface area (Å²) in [6, 6.07) is 19.7. The first-order chi connectivity index (χ1) is 13.0. The minimum atomic E-state index is 0.0450. The van der Waals surface area contributed by atoms with Gasteiger partial charge < -0.3 is 9.88 Å². The van der Waals surface area contributed by atoms with E-state index in [9.17, 15) is 4.79 Å². The largest absolute Gasteiger partial charge is 0.352 e. The molecule has 0 saturated carbocycles. The van der Waals surface area contributed by atoms with Gasteiger partial charge in [0.05, 0.1) is 0 Å². The number of likely N-dealkylation sites (tertiary alicyclic amines) is 1. The lowest BCUT2D eigenvalue weighted by atomic mass is 9.93. The van der Waals surface area contributed by atoms with E-state index in [4.69, 9.17) is 0 Å². The molecule has 1 fully saturated rings. The van der Waals surface area contributed by atoms with Gasteiger partial charge in [0.25, 0.3) is 0 Å². The fraction of sp³-hybridized carbons (Fsp3) is 0.348. The summed E-state index contributed by atoms with van der Waals surface area (Å²) in [5, 5.41) is 4.45. The van der Waals surface area contributed by atoms with Gasteiger partial charge in [-0.1, -0.05) is 48.0 Å². The van der Waals surface area contributed by atoms with Crippen LogP contribution in [0.15, 0.2) is 54.6 Å². The Morgan fingerprint density at radius 2 is 1.85 bits per heavy atom. The zero-order valence-corrected chi connectivity index (χ0v) is 16.3. The number of para-hydroxylation sites is 1. The van der Waals surface area contributed by atoms with Gasteiger partial charge in [-0.2, -0.15) is 0 Å². The van der Waals surface area contributed by atoms with Crippen LogP contribution in [0.4, 0.5) is 0 Å². The van der Waals surface area contributed by atoms with Crippen molar-refractivity contribution in [3.05, 3.63) is 71.4 Å². The maximum atomic E-state index is 11.7. The fourth-order valence-electron chi connectivity index (χ4n) is 4.30. The number of nitrogens with one attached hydrogen (secondary N) is 1. The van der Waals surface area contributed by atoms with Gasteiger partial charge in [0.1, 0.15) is 0 Å². The lowest BCUT2D eigenvalue weighted by Gasteiger charge is -2.19. The third kappa shape index (κ3) is 3.62. The zero-order chi connectivity index (χ0) is 19.0. The van der Waals surface area contributed by atoms with Gasteiger partial charge in [-0.15, -0.1) is 0 Å². The number of hydrogen-bond acceptors (Lipinski definition) is 2. The number of aryl methyl sites for hydroxylation is 2. The van der Waals surface area contributed by atoms with E-state index in [1.54, 1.807) is 6.92 Å². The highest BCUT2D eigenvalue weighted by molar-refractivity contribution is 5.81. The molecule has 0 radical (unpaired) electrons. The number of aromatic nitrogens is 1. The van der Waals surface area contributed by atoms with Crippen LogP contribution in [0, 0.1) is 6.92 Å². The first-order valence-electron chi connectivity index (χ1n) is 9.60. The number of amides is 1. The summed E-state index contributed by atoms with van der Waals surface area (Å²) in [4.78, 5) is 14.2. The Morgan fingerprint density at radius 3 is 2.56 bits per heavy atom. The molecular weight excluding hydrogens is 334 g/mol. The predicted molar refractivity (Wildman–Crippen MR) is 110 cm³/mol. The maximum Gasteiger partial charge on any atom is 0.217 e.